The van der Waals surface area contributed by atoms with Crippen LogP contribution in [-0.4, -0.2) is 35.0 Å². The molecule has 7 heteroatoms. The number of para-hydroxylation sites is 1. The molecule has 0 saturated carbocycles. The first-order chi connectivity index (χ1) is 11.3. The number of amides is 1. The van der Waals surface area contributed by atoms with Gasteiger partial charge in [0.05, 0.1) is 10.2 Å². The van der Waals surface area contributed by atoms with Crippen molar-refractivity contribution in [1.29, 1.82) is 0 Å². The second-order valence-electron chi connectivity index (χ2n) is 5.50. The lowest BCUT2D eigenvalue weighted by Gasteiger charge is -2.23. The third kappa shape index (κ3) is 2.94. The fraction of sp³-hybridized carbons (Fsp3) is 0.312. The summed E-state index contributed by atoms with van der Waals surface area (Å²) in [7, 11) is 0. The second kappa shape index (κ2) is 6.25. The molecule has 1 N–H and O–H groups in total. The molecule has 1 fully saturated rings. The maximum absolute atomic E-state index is 12.4. The van der Waals surface area contributed by atoms with E-state index >= 15 is 0 Å². The Kier molecular flexibility index (Phi) is 3.97. The van der Waals surface area contributed by atoms with Crippen molar-refractivity contribution in [2.45, 2.75) is 18.9 Å². The van der Waals surface area contributed by atoms with E-state index in [2.05, 4.69) is 20.2 Å². The van der Waals surface area contributed by atoms with Crippen LogP contribution in [0.25, 0.3) is 10.2 Å². The number of nitrogens with one attached hydrogen (secondary N) is 1. The summed E-state index contributed by atoms with van der Waals surface area (Å²) in [6.45, 7) is 1.64. The van der Waals surface area contributed by atoms with E-state index in [0.717, 1.165) is 34.7 Å². The van der Waals surface area contributed by atoms with E-state index < -0.39 is 0 Å². The molecular formula is C16H16N4OS2. The van der Waals surface area contributed by atoms with Crippen LogP contribution in [0.2, 0.25) is 0 Å². The van der Waals surface area contributed by atoms with Gasteiger partial charge in [-0.2, -0.15) is 0 Å². The van der Waals surface area contributed by atoms with E-state index in [4.69, 9.17) is 0 Å². The zero-order valence-electron chi connectivity index (χ0n) is 12.4. The number of carbonyl (C=O) groups excluding carboxylic acids is 1. The number of rotatable bonds is 4. The lowest BCUT2D eigenvalue weighted by molar-refractivity contribution is 0.0951. The topological polar surface area (TPSA) is 58.1 Å². The van der Waals surface area contributed by atoms with E-state index in [0.29, 0.717) is 17.6 Å². The summed E-state index contributed by atoms with van der Waals surface area (Å²) in [4.78, 5) is 23.5. The van der Waals surface area contributed by atoms with Crippen molar-refractivity contribution in [3.63, 3.8) is 0 Å². The van der Waals surface area contributed by atoms with Crippen molar-refractivity contribution in [3.05, 3.63) is 40.8 Å². The summed E-state index contributed by atoms with van der Waals surface area (Å²) in [5.41, 5.74) is 0.882. The summed E-state index contributed by atoms with van der Waals surface area (Å²) in [6.07, 6.45) is 4.05. The van der Waals surface area contributed by atoms with Gasteiger partial charge >= 0.3 is 0 Å². The molecular weight excluding hydrogens is 328 g/mol. The number of anilines is 1. The number of fused-ring (bicyclic) bond motifs is 1. The highest BCUT2D eigenvalue weighted by Gasteiger charge is 2.27. The first-order valence-corrected chi connectivity index (χ1v) is 9.31. The highest BCUT2D eigenvalue weighted by molar-refractivity contribution is 7.20. The first kappa shape index (κ1) is 14.6. The van der Waals surface area contributed by atoms with Crippen molar-refractivity contribution in [2.75, 3.05) is 18.0 Å². The molecule has 3 heterocycles. The number of nitrogens with zero attached hydrogens (tertiary/aromatic N) is 3. The molecule has 1 atom stereocenters. The van der Waals surface area contributed by atoms with Crippen LogP contribution in [0.1, 0.15) is 22.6 Å². The van der Waals surface area contributed by atoms with Gasteiger partial charge in [0.25, 0.3) is 5.91 Å². The van der Waals surface area contributed by atoms with E-state index in [-0.39, 0.29) is 5.91 Å². The number of carbonyl (C=O) groups is 1. The van der Waals surface area contributed by atoms with E-state index in [1.807, 2.05) is 35.8 Å². The van der Waals surface area contributed by atoms with E-state index in [1.165, 1.54) is 11.3 Å². The monoisotopic (exact) mass is 344 g/mol. The number of thiazole rings is 2. The summed E-state index contributed by atoms with van der Waals surface area (Å²) in [5.74, 6) is -0.0859. The Morgan fingerprint density at radius 2 is 2.30 bits per heavy atom. The molecule has 23 heavy (non-hydrogen) atoms. The minimum atomic E-state index is -0.0859. The normalized spacial score (nSPS) is 17.7. The van der Waals surface area contributed by atoms with Crippen molar-refractivity contribution in [2.24, 2.45) is 0 Å². The van der Waals surface area contributed by atoms with Gasteiger partial charge in [0.1, 0.15) is 0 Å². The second-order valence-corrected chi connectivity index (χ2v) is 7.40. The molecule has 1 saturated heterocycles. The van der Waals surface area contributed by atoms with Crippen LogP contribution in [0.5, 0.6) is 0 Å². The molecule has 1 unspecified atom stereocenters. The Hall–Kier alpha value is -1.99. The minimum Gasteiger partial charge on any atom is -0.348 e. The molecule has 1 amide bonds. The molecule has 1 aliphatic rings. The van der Waals surface area contributed by atoms with Gasteiger partial charge in [-0.3, -0.25) is 4.79 Å². The number of hydrogen-bond acceptors (Lipinski definition) is 6. The Balaban J connectivity index is 1.43. The average Bonchev–Trinajstić information content (AvgIpc) is 3.30. The van der Waals surface area contributed by atoms with Crippen LogP contribution < -0.4 is 10.2 Å². The predicted molar refractivity (Wildman–Crippen MR) is 94.4 cm³/mol. The summed E-state index contributed by atoms with van der Waals surface area (Å²) in [6, 6.07) is 8.15. The molecule has 2 aromatic heterocycles. The summed E-state index contributed by atoms with van der Waals surface area (Å²) in [5, 5.41) is 6.60. The van der Waals surface area contributed by atoms with Crippen LogP contribution in [-0.2, 0) is 0 Å². The molecule has 0 aliphatic carbocycles. The van der Waals surface area contributed by atoms with Gasteiger partial charge in [-0.1, -0.05) is 12.1 Å². The van der Waals surface area contributed by atoms with Crippen molar-refractivity contribution < 1.29 is 4.79 Å². The zero-order chi connectivity index (χ0) is 15.6. The maximum atomic E-state index is 12.4. The first-order valence-electron chi connectivity index (χ1n) is 7.61. The highest BCUT2D eigenvalue weighted by Crippen LogP contribution is 2.27. The quantitative estimate of drug-likeness (QED) is 0.790. The van der Waals surface area contributed by atoms with Crippen LogP contribution >= 0.6 is 22.7 Å². The van der Waals surface area contributed by atoms with Gasteiger partial charge in [-0.05, 0) is 25.0 Å². The largest absolute Gasteiger partial charge is 0.348 e. The van der Waals surface area contributed by atoms with E-state index in [1.54, 1.807) is 11.3 Å². The smallest absolute Gasteiger partial charge is 0.280 e. The fourth-order valence-electron chi connectivity index (χ4n) is 2.91. The van der Waals surface area contributed by atoms with Gasteiger partial charge in [0.2, 0.25) is 0 Å². The molecule has 3 aromatic rings. The molecule has 4 rings (SSSR count). The van der Waals surface area contributed by atoms with Gasteiger partial charge < -0.3 is 10.2 Å². The third-order valence-corrected chi connectivity index (χ3v) is 5.87. The maximum Gasteiger partial charge on any atom is 0.280 e. The Bertz CT molecular complexity index is 781. The minimum absolute atomic E-state index is 0.0859. The molecule has 1 aliphatic heterocycles. The van der Waals surface area contributed by atoms with Crippen molar-refractivity contribution in [3.8, 4) is 0 Å². The Morgan fingerprint density at radius 1 is 1.39 bits per heavy atom. The molecule has 5 nitrogen and oxygen atoms in total. The van der Waals surface area contributed by atoms with Crippen molar-refractivity contribution in [1.82, 2.24) is 15.3 Å². The standard InChI is InChI=1S/C16H16N4OS2/c21-14(15-19-12-5-1-2-6-13(12)23-15)18-10-11-4-3-8-20(11)16-17-7-9-22-16/h1-2,5-7,9,11H,3-4,8,10H2,(H,18,21). The van der Waals surface area contributed by atoms with Gasteiger partial charge in [-0.15, -0.1) is 22.7 Å². The van der Waals surface area contributed by atoms with Gasteiger partial charge in [0, 0.05) is 30.7 Å². The van der Waals surface area contributed by atoms with Gasteiger partial charge in [0.15, 0.2) is 10.1 Å². The predicted octanol–water partition coefficient (Wildman–Crippen LogP) is 3.15. The zero-order valence-corrected chi connectivity index (χ0v) is 14.1. The molecule has 0 bridgehead atoms. The lowest BCUT2D eigenvalue weighted by atomic mass is 10.2. The van der Waals surface area contributed by atoms with Crippen LogP contribution in [0.3, 0.4) is 0 Å². The summed E-state index contributed by atoms with van der Waals surface area (Å²) >= 11 is 3.09. The third-order valence-electron chi connectivity index (χ3n) is 4.03. The molecule has 1 aromatic carbocycles. The lowest BCUT2D eigenvalue weighted by Crippen LogP contribution is -2.40. The van der Waals surface area contributed by atoms with Gasteiger partial charge in [-0.25, -0.2) is 9.97 Å². The molecule has 0 radical (unpaired) electrons. The van der Waals surface area contributed by atoms with Crippen LogP contribution in [0, 0.1) is 0 Å². The summed E-state index contributed by atoms with van der Waals surface area (Å²) < 4.78 is 1.04. The van der Waals surface area contributed by atoms with E-state index in [9.17, 15) is 4.79 Å². The van der Waals surface area contributed by atoms with Crippen LogP contribution in [0.15, 0.2) is 35.8 Å². The number of benzene rings is 1. The fourth-order valence-corrected chi connectivity index (χ4v) is 4.54. The Morgan fingerprint density at radius 3 is 3.13 bits per heavy atom. The van der Waals surface area contributed by atoms with Crippen LogP contribution in [0.4, 0.5) is 5.13 Å². The highest BCUT2D eigenvalue weighted by atomic mass is 32.1. The molecule has 0 spiro atoms. The van der Waals surface area contributed by atoms with Crippen molar-refractivity contribution >= 4 is 43.9 Å². The number of hydrogen-bond donors (Lipinski definition) is 1. The molecule has 118 valence electrons. The Labute approximate surface area is 142 Å². The number of aromatic nitrogens is 2. The SMILES string of the molecule is O=C(NCC1CCCN1c1nccs1)c1nc2ccccc2s1. The average molecular weight is 344 g/mol.